The van der Waals surface area contributed by atoms with E-state index in [-0.39, 0.29) is 24.0 Å². The quantitative estimate of drug-likeness (QED) is 0.317. The molecule has 1 aromatic carbocycles. The lowest BCUT2D eigenvalue weighted by atomic mass is 10.2. The van der Waals surface area contributed by atoms with Gasteiger partial charge in [0, 0.05) is 64.6 Å². The third-order valence-electron chi connectivity index (χ3n) is 5.56. The van der Waals surface area contributed by atoms with Crippen LogP contribution in [0.3, 0.4) is 0 Å². The molecule has 6 nitrogen and oxygen atoms in total. The first-order chi connectivity index (χ1) is 14.9. The molecule has 0 bridgehead atoms. The molecule has 10 heteroatoms. The highest BCUT2D eigenvalue weighted by molar-refractivity contribution is 14.0. The molecule has 1 aliphatic heterocycles. The molecule has 2 heterocycles. The van der Waals surface area contributed by atoms with Crippen molar-refractivity contribution in [2.45, 2.75) is 39.0 Å². The lowest BCUT2D eigenvalue weighted by molar-refractivity contribution is -0.181. The maximum atomic E-state index is 13.0. The Labute approximate surface area is 204 Å². The second-order valence-corrected chi connectivity index (χ2v) is 7.68. The first-order valence-electron chi connectivity index (χ1n) is 10.8. The second-order valence-electron chi connectivity index (χ2n) is 7.68. The molecule has 1 fully saturated rings. The molecular weight excluding hydrogens is 532 g/mol. The molecule has 178 valence electrons. The molecule has 3 rings (SSSR count). The van der Waals surface area contributed by atoms with E-state index in [9.17, 15) is 13.2 Å². The van der Waals surface area contributed by atoms with Crippen LogP contribution in [0.25, 0.3) is 0 Å². The van der Waals surface area contributed by atoms with Gasteiger partial charge in [0.25, 0.3) is 0 Å². The Kier molecular flexibility index (Phi) is 10.3. The molecule has 0 radical (unpaired) electrons. The Morgan fingerprint density at radius 3 is 2.47 bits per heavy atom. The molecule has 0 spiro atoms. The zero-order valence-corrected chi connectivity index (χ0v) is 20.9. The summed E-state index contributed by atoms with van der Waals surface area (Å²) in [6.45, 7) is 7.03. The van der Waals surface area contributed by atoms with E-state index in [2.05, 4.69) is 27.0 Å². The molecule has 1 aliphatic rings. The van der Waals surface area contributed by atoms with E-state index in [0.717, 1.165) is 18.3 Å². The minimum Gasteiger partial charge on any atom is -0.357 e. The van der Waals surface area contributed by atoms with Gasteiger partial charge in [-0.3, -0.25) is 9.89 Å². The Morgan fingerprint density at radius 1 is 1.16 bits per heavy atom. The number of aliphatic imine (C=N–C) groups is 1. The monoisotopic (exact) mass is 564 g/mol. The SMILES string of the molecule is CCNC(=NCCc1nccn1Cc1ccccc1)N1CCN(C(C)C(F)(F)F)CC1.I. The van der Waals surface area contributed by atoms with Crippen LogP contribution < -0.4 is 5.32 Å². The molecule has 1 saturated heterocycles. The molecule has 1 unspecified atom stereocenters. The van der Waals surface area contributed by atoms with E-state index in [0.29, 0.717) is 45.7 Å². The van der Waals surface area contributed by atoms with Crippen molar-refractivity contribution in [3.8, 4) is 0 Å². The van der Waals surface area contributed by atoms with Gasteiger partial charge in [0.05, 0.1) is 0 Å². The van der Waals surface area contributed by atoms with Crippen LogP contribution >= 0.6 is 24.0 Å². The number of imidazole rings is 1. The number of hydrogen-bond acceptors (Lipinski definition) is 3. The lowest BCUT2D eigenvalue weighted by Gasteiger charge is -2.39. The van der Waals surface area contributed by atoms with E-state index in [1.807, 2.05) is 36.2 Å². The lowest BCUT2D eigenvalue weighted by Crippen LogP contribution is -2.56. The van der Waals surface area contributed by atoms with E-state index < -0.39 is 12.2 Å². The minimum absolute atomic E-state index is 0. The van der Waals surface area contributed by atoms with Gasteiger partial charge in [-0.1, -0.05) is 30.3 Å². The van der Waals surface area contributed by atoms with Gasteiger partial charge in [0.1, 0.15) is 11.9 Å². The van der Waals surface area contributed by atoms with E-state index in [4.69, 9.17) is 4.99 Å². The van der Waals surface area contributed by atoms with Crippen molar-refractivity contribution >= 4 is 29.9 Å². The zero-order chi connectivity index (χ0) is 22.3. The highest BCUT2D eigenvalue weighted by Crippen LogP contribution is 2.25. The number of nitrogens with zero attached hydrogens (tertiary/aromatic N) is 5. The first kappa shape index (κ1) is 26.4. The molecule has 1 aromatic heterocycles. The van der Waals surface area contributed by atoms with E-state index >= 15 is 0 Å². The van der Waals surface area contributed by atoms with Gasteiger partial charge in [-0.25, -0.2) is 4.98 Å². The predicted molar refractivity (Wildman–Crippen MR) is 132 cm³/mol. The van der Waals surface area contributed by atoms with Crippen molar-refractivity contribution in [2.75, 3.05) is 39.3 Å². The molecule has 32 heavy (non-hydrogen) atoms. The smallest absolute Gasteiger partial charge is 0.357 e. The van der Waals surface area contributed by atoms with Crippen LogP contribution in [-0.4, -0.2) is 76.8 Å². The minimum atomic E-state index is -4.19. The Morgan fingerprint density at radius 2 is 1.84 bits per heavy atom. The summed E-state index contributed by atoms with van der Waals surface area (Å²) in [5.74, 6) is 1.72. The summed E-state index contributed by atoms with van der Waals surface area (Å²) < 4.78 is 41.1. The van der Waals surface area contributed by atoms with Crippen molar-refractivity contribution in [2.24, 2.45) is 4.99 Å². The van der Waals surface area contributed by atoms with Crippen LogP contribution in [0.4, 0.5) is 13.2 Å². The second kappa shape index (κ2) is 12.4. The third-order valence-corrected chi connectivity index (χ3v) is 5.56. The number of halogens is 4. The summed E-state index contributed by atoms with van der Waals surface area (Å²) >= 11 is 0. The van der Waals surface area contributed by atoms with Gasteiger partial charge >= 0.3 is 6.18 Å². The van der Waals surface area contributed by atoms with Crippen LogP contribution in [0.5, 0.6) is 0 Å². The van der Waals surface area contributed by atoms with Crippen molar-refractivity contribution in [1.29, 1.82) is 0 Å². The number of aromatic nitrogens is 2. The number of benzene rings is 1. The summed E-state index contributed by atoms with van der Waals surface area (Å²) in [4.78, 5) is 12.7. The first-order valence-corrected chi connectivity index (χ1v) is 10.8. The number of nitrogens with one attached hydrogen (secondary N) is 1. The zero-order valence-electron chi connectivity index (χ0n) is 18.6. The molecule has 0 aliphatic carbocycles. The van der Waals surface area contributed by atoms with Crippen LogP contribution in [0.2, 0.25) is 0 Å². The van der Waals surface area contributed by atoms with Gasteiger partial charge in [-0.05, 0) is 19.4 Å². The summed E-state index contributed by atoms with van der Waals surface area (Å²) in [6, 6.07) is 8.80. The van der Waals surface area contributed by atoms with E-state index in [1.165, 1.54) is 17.4 Å². The number of alkyl halides is 3. The molecule has 0 amide bonds. The largest absolute Gasteiger partial charge is 0.403 e. The molecular formula is C22H32F3IN6. The third kappa shape index (κ3) is 7.36. The summed E-state index contributed by atoms with van der Waals surface area (Å²) in [7, 11) is 0. The van der Waals surface area contributed by atoms with Gasteiger partial charge < -0.3 is 14.8 Å². The van der Waals surface area contributed by atoms with Crippen LogP contribution in [0, 0.1) is 0 Å². The van der Waals surface area contributed by atoms with Gasteiger partial charge in [0.2, 0.25) is 0 Å². The summed E-state index contributed by atoms with van der Waals surface area (Å²) in [5, 5.41) is 3.27. The highest BCUT2D eigenvalue weighted by Gasteiger charge is 2.41. The van der Waals surface area contributed by atoms with Crippen molar-refractivity contribution in [1.82, 2.24) is 24.7 Å². The van der Waals surface area contributed by atoms with Crippen molar-refractivity contribution < 1.29 is 13.2 Å². The average molecular weight is 564 g/mol. The Bertz CT molecular complexity index is 832. The molecule has 1 atom stereocenters. The Hall–Kier alpha value is -1.82. The maximum absolute atomic E-state index is 13.0. The number of rotatable bonds is 7. The molecule has 0 saturated carbocycles. The standard InChI is InChI=1S/C22H31F3N6.HI/c1-3-26-21(30-15-13-29(14-16-30)18(2)22(23,24)25)28-10-9-20-27-11-12-31(20)17-19-7-5-4-6-8-19;/h4-8,11-12,18H,3,9-10,13-17H2,1-2H3,(H,26,28);1H. The fourth-order valence-electron chi connectivity index (χ4n) is 3.71. The highest BCUT2D eigenvalue weighted by atomic mass is 127. The van der Waals surface area contributed by atoms with Gasteiger partial charge in [-0.15, -0.1) is 24.0 Å². The van der Waals surface area contributed by atoms with E-state index in [1.54, 1.807) is 6.20 Å². The summed E-state index contributed by atoms with van der Waals surface area (Å²) in [6.07, 6.45) is 0.273. The normalized spacial score (nSPS) is 16.5. The molecule has 2 aromatic rings. The number of piperazine rings is 1. The fourth-order valence-corrected chi connectivity index (χ4v) is 3.71. The molecule has 1 N–H and O–H groups in total. The fraction of sp³-hybridized carbons (Fsp3) is 0.545. The van der Waals surface area contributed by atoms with Gasteiger partial charge in [0.15, 0.2) is 5.96 Å². The predicted octanol–water partition coefficient (Wildman–Crippen LogP) is 3.63. The average Bonchev–Trinajstić information content (AvgIpc) is 3.19. The number of guanidine groups is 1. The van der Waals surface area contributed by atoms with Crippen LogP contribution in [0.1, 0.15) is 25.2 Å². The van der Waals surface area contributed by atoms with Crippen LogP contribution in [-0.2, 0) is 13.0 Å². The van der Waals surface area contributed by atoms with Crippen LogP contribution in [0.15, 0.2) is 47.7 Å². The van der Waals surface area contributed by atoms with Crippen molar-refractivity contribution in [3.63, 3.8) is 0 Å². The summed E-state index contributed by atoms with van der Waals surface area (Å²) in [5.41, 5.74) is 1.21. The topological polar surface area (TPSA) is 48.7 Å². The maximum Gasteiger partial charge on any atom is 0.403 e. The number of hydrogen-bond donors (Lipinski definition) is 1. The van der Waals surface area contributed by atoms with Gasteiger partial charge in [-0.2, -0.15) is 13.2 Å². The van der Waals surface area contributed by atoms with Crippen molar-refractivity contribution in [3.05, 3.63) is 54.1 Å². The Balaban J connectivity index is 0.00000363.